The van der Waals surface area contributed by atoms with E-state index in [0.717, 1.165) is 4.90 Å². The van der Waals surface area contributed by atoms with E-state index in [1.54, 1.807) is 36.4 Å². The van der Waals surface area contributed by atoms with Crippen molar-refractivity contribution in [3.8, 4) is 22.6 Å². The lowest BCUT2D eigenvalue weighted by molar-refractivity contribution is -0.136. The number of hydrogen-bond acceptors (Lipinski definition) is 6. The van der Waals surface area contributed by atoms with Crippen LogP contribution in [-0.4, -0.2) is 48.3 Å². The molecule has 8 heteroatoms. The number of piperidine rings is 1. The monoisotopic (exact) mass is 408 g/mol. The number of carbonyl (C=O) groups is 4. The molecule has 1 atom stereocenters. The Morgan fingerprint density at radius 1 is 1.03 bits per heavy atom. The molecule has 8 nitrogen and oxygen atoms in total. The van der Waals surface area contributed by atoms with Crippen LogP contribution in [0.4, 0.5) is 0 Å². The molecule has 0 aromatic heterocycles. The van der Waals surface area contributed by atoms with Crippen LogP contribution < -0.4 is 14.8 Å². The van der Waals surface area contributed by atoms with E-state index in [0.29, 0.717) is 29.2 Å². The van der Waals surface area contributed by atoms with Gasteiger partial charge < -0.3 is 9.47 Å². The Kier molecular flexibility index (Phi) is 4.99. The van der Waals surface area contributed by atoms with Gasteiger partial charge in [0.25, 0.3) is 11.8 Å². The van der Waals surface area contributed by atoms with E-state index in [1.807, 2.05) is 6.92 Å². The fourth-order valence-electron chi connectivity index (χ4n) is 3.87. The van der Waals surface area contributed by atoms with Gasteiger partial charge in [0.1, 0.15) is 6.04 Å². The summed E-state index contributed by atoms with van der Waals surface area (Å²) in [7, 11) is 1.54. The molecule has 1 N–H and O–H groups in total. The molecule has 0 saturated carbocycles. The summed E-state index contributed by atoms with van der Waals surface area (Å²) in [6.07, 6.45) is 0.190. The van der Waals surface area contributed by atoms with Crippen molar-refractivity contribution in [1.29, 1.82) is 0 Å². The quantitative estimate of drug-likeness (QED) is 0.761. The van der Waals surface area contributed by atoms with Gasteiger partial charge in [-0.15, -0.1) is 0 Å². The Morgan fingerprint density at radius 2 is 1.80 bits per heavy atom. The molecule has 4 amide bonds. The third-order valence-electron chi connectivity index (χ3n) is 5.24. The molecular weight excluding hydrogens is 388 g/mol. The lowest BCUT2D eigenvalue weighted by atomic mass is 9.96. The molecule has 2 aromatic carbocycles. The van der Waals surface area contributed by atoms with Gasteiger partial charge in [-0.25, -0.2) is 0 Å². The highest BCUT2D eigenvalue weighted by Crippen LogP contribution is 2.38. The van der Waals surface area contributed by atoms with Gasteiger partial charge >= 0.3 is 0 Å². The number of imide groups is 2. The second-order valence-corrected chi connectivity index (χ2v) is 6.97. The van der Waals surface area contributed by atoms with Crippen LogP contribution in [0, 0.1) is 0 Å². The molecular formula is C22H20N2O6. The SMILES string of the molecule is CCOc1cc(-c2cccc3c2C(=O)N(C2CCC(=O)NC2=O)C3=O)ccc1OC. The number of hydrogen-bond donors (Lipinski definition) is 1. The van der Waals surface area contributed by atoms with Crippen molar-refractivity contribution in [3.63, 3.8) is 0 Å². The Bertz CT molecular complexity index is 1080. The van der Waals surface area contributed by atoms with E-state index in [2.05, 4.69) is 5.32 Å². The summed E-state index contributed by atoms with van der Waals surface area (Å²) in [5.74, 6) is -1.05. The zero-order valence-electron chi connectivity index (χ0n) is 16.6. The predicted octanol–water partition coefficient (Wildman–Crippen LogP) is 2.16. The highest BCUT2D eigenvalue weighted by molar-refractivity contribution is 6.25. The lowest BCUT2D eigenvalue weighted by Gasteiger charge is -2.27. The minimum atomic E-state index is -1.00. The van der Waals surface area contributed by atoms with Crippen LogP contribution >= 0.6 is 0 Å². The fraction of sp³-hybridized carbons (Fsp3) is 0.273. The second-order valence-electron chi connectivity index (χ2n) is 6.97. The Balaban J connectivity index is 1.77. The third-order valence-corrected chi connectivity index (χ3v) is 5.24. The summed E-state index contributed by atoms with van der Waals surface area (Å²) in [5, 5.41) is 2.20. The summed E-state index contributed by atoms with van der Waals surface area (Å²) in [5.41, 5.74) is 1.71. The minimum absolute atomic E-state index is 0.0763. The first-order valence-corrected chi connectivity index (χ1v) is 9.62. The number of methoxy groups -OCH3 is 1. The largest absolute Gasteiger partial charge is 0.493 e. The first-order valence-electron chi connectivity index (χ1n) is 9.62. The molecule has 0 spiro atoms. The number of amides is 4. The van der Waals surface area contributed by atoms with Crippen molar-refractivity contribution in [2.75, 3.05) is 13.7 Å². The van der Waals surface area contributed by atoms with Gasteiger partial charge in [-0.3, -0.25) is 29.4 Å². The third kappa shape index (κ3) is 3.10. The van der Waals surface area contributed by atoms with Crippen molar-refractivity contribution >= 4 is 23.6 Å². The summed E-state index contributed by atoms with van der Waals surface area (Å²) in [4.78, 5) is 50.9. The van der Waals surface area contributed by atoms with E-state index in [-0.39, 0.29) is 24.0 Å². The average Bonchev–Trinajstić information content (AvgIpc) is 2.99. The molecule has 1 fully saturated rings. The maximum atomic E-state index is 13.2. The molecule has 0 bridgehead atoms. The Morgan fingerprint density at radius 3 is 2.50 bits per heavy atom. The fourth-order valence-corrected chi connectivity index (χ4v) is 3.87. The van der Waals surface area contributed by atoms with Crippen LogP contribution in [-0.2, 0) is 9.59 Å². The maximum absolute atomic E-state index is 13.2. The van der Waals surface area contributed by atoms with Gasteiger partial charge in [-0.1, -0.05) is 18.2 Å². The van der Waals surface area contributed by atoms with Gasteiger partial charge in [0.15, 0.2) is 11.5 Å². The van der Waals surface area contributed by atoms with Gasteiger partial charge in [-0.05, 0) is 42.7 Å². The standard InChI is InChI=1S/C22H20N2O6/c1-3-30-17-11-12(7-9-16(17)29-2)13-5-4-6-14-19(13)22(28)24(21(14)27)15-8-10-18(25)23-20(15)26/h4-7,9,11,15H,3,8,10H2,1-2H3,(H,23,25,26). The van der Waals surface area contributed by atoms with Crippen LogP contribution in [0.1, 0.15) is 40.5 Å². The Hall–Kier alpha value is -3.68. The van der Waals surface area contributed by atoms with Crippen LogP contribution in [0.25, 0.3) is 11.1 Å². The minimum Gasteiger partial charge on any atom is -0.493 e. The smallest absolute Gasteiger partial charge is 0.262 e. The molecule has 2 heterocycles. The second kappa shape index (κ2) is 7.62. The Labute approximate surface area is 172 Å². The molecule has 2 aliphatic rings. The number of carbonyl (C=O) groups excluding carboxylic acids is 4. The number of rotatable bonds is 5. The van der Waals surface area contributed by atoms with Gasteiger partial charge in [-0.2, -0.15) is 0 Å². The number of benzene rings is 2. The van der Waals surface area contributed by atoms with Crippen LogP contribution in [0.3, 0.4) is 0 Å². The number of nitrogens with one attached hydrogen (secondary N) is 1. The zero-order valence-corrected chi connectivity index (χ0v) is 16.6. The van der Waals surface area contributed by atoms with Gasteiger partial charge in [0.05, 0.1) is 24.8 Å². The summed E-state index contributed by atoms with van der Waals surface area (Å²) in [6.45, 7) is 2.29. The summed E-state index contributed by atoms with van der Waals surface area (Å²) in [6, 6.07) is 9.27. The van der Waals surface area contributed by atoms with Gasteiger partial charge in [0, 0.05) is 6.42 Å². The average molecular weight is 408 g/mol. The van der Waals surface area contributed by atoms with Crippen molar-refractivity contribution in [1.82, 2.24) is 10.2 Å². The lowest BCUT2D eigenvalue weighted by Crippen LogP contribution is -2.54. The van der Waals surface area contributed by atoms with Crippen LogP contribution in [0.15, 0.2) is 36.4 Å². The van der Waals surface area contributed by atoms with E-state index >= 15 is 0 Å². The molecule has 1 saturated heterocycles. The molecule has 1 unspecified atom stereocenters. The van der Waals surface area contributed by atoms with Crippen LogP contribution in [0.2, 0.25) is 0 Å². The molecule has 154 valence electrons. The normalized spacial score (nSPS) is 18.3. The van der Waals surface area contributed by atoms with Crippen molar-refractivity contribution in [2.24, 2.45) is 0 Å². The number of nitrogens with zero attached hydrogens (tertiary/aromatic N) is 1. The van der Waals surface area contributed by atoms with E-state index in [9.17, 15) is 19.2 Å². The molecule has 4 rings (SSSR count). The first kappa shape index (κ1) is 19.6. The predicted molar refractivity (Wildman–Crippen MR) is 106 cm³/mol. The van der Waals surface area contributed by atoms with Crippen LogP contribution in [0.5, 0.6) is 11.5 Å². The van der Waals surface area contributed by atoms with E-state index in [4.69, 9.17) is 9.47 Å². The number of ether oxygens (including phenoxy) is 2. The van der Waals surface area contributed by atoms with Crippen molar-refractivity contribution < 1.29 is 28.7 Å². The number of fused-ring (bicyclic) bond motifs is 1. The topological polar surface area (TPSA) is 102 Å². The molecule has 0 radical (unpaired) electrons. The van der Waals surface area contributed by atoms with Crippen molar-refractivity contribution in [2.45, 2.75) is 25.8 Å². The molecule has 30 heavy (non-hydrogen) atoms. The highest BCUT2D eigenvalue weighted by atomic mass is 16.5. The first-order chi connectivity index (χ1) is 14.5. The molecule has 0 aliphatic carbocycles. The molecule has 2 aromatic rings. The van der Waals surface area contributed by atoms with Crippen molar-refractivity contribution in [3.05, 3.63) is 47.5 Å². The summed E-state index contributed by atoms with van der Waals surface area (Å²) >= 11 is 0. The summed E-state index contributed by atoms with van der Waals surface area (Å²) < 4.78 is 10.9. The van der Waals surface area contributed by atoms with E-state index < -0.39 is 29.7 Å². The van der Waals surface area contributed by atoms with Gasteiger partial charge in [0.2, 0.25) is 11.8 Å². The highest BCUT2D eigenvalue weighted by Gasteiger charge is 2.45. The zero-order chi connectivity index (χ0) is 21.4. The molecule has 2 aliphatic heterocycles. The maximum Gasteiger partial charge on any atom is 0.262 e. The van der Waals surface area contributed by atoms with E-state index in [1.165, 1.54) is 7.11 Å².